The number of nitrogens with zero attached hydrogens (tertiary/aromatic N) is 7. The van der Waals surface area contributed by atoms with Crippen LogP contribution < -0.4 is 4.90 Å². The molecular formula is C26H31N7. The van der Waals surface area contributed by atoms with Crippen LogP contribution in [0.5, 0.6) is 0 Å². The summed E-state index contributed by atoms with van der Waals surface area (Å²) in [5.74, 6) is 1.85. The smallest absolute Gasteiger partial charge is 0.136 e. The average molecular weight is 442 g/mol. The molecule has 0 aliphatic carbocycles. The van der Waals surface area contributed by atoms with Crippen molar-refractivity contribution >= 4 is 11.5 Å². The molecule has 0 saturated carbocycles. The summed E-state index contributed by atoms with van der Waals surface area (Å²) in [6.45, 7) is 4.18. The molecule has 0 unspecified atom stereocenters. The number of aryl methyl sites for hydroxylation is 1. The Morgan fingerprint density at radius 2 is 1.85 bits per heavy atom. The predicted molar refractivity (Wildman–Crippen MR) is 131 cm³/mol. The Morgan fingerprint density at radius 3 is 2.67 bits per heavy atom. The third-order valence-corrected chi connectivity index (χ3v) is 6.51. The lowest BCUT2D eigenvalue weighted by Crippen LogP contribution is -2.32. The highest BCUT2D eigenvalue weighted by Gasteiger charge is 2.25. The zero-order valence-electron chi connectivity index (χ0n) is 19.6. The lowest BCUT2D eigenvalue weighted by Gasteiger charge is -2.22. The van der Waals surface area contributed by atoms with E-state index in [4.69, 9.17) is 9.97 Å². The van der Waals surface area contributed by atoms with Crippen LogP contribution in [0.15, 0.2) is 55.1 Å². The maximum Gasteiger partial charge on any atom is 0.136 e. The topological polar surface area (TPSA) is 62.5 Å². The van der Waals surface area contributed by atoms with Crippen LogP contribution in [-0.2, 0) is 19.3 Å². The van der Waals surface area contributed by atoms with E-state index in [0.29, 0.717) is 12.5 Å². The Bertz CT molecular complexity index is 1250. The van der Waals surface area contributed by atoms with Crippen LogP contribution in [0, 0.1) is 0 Å². The fraction of sp³-hybridized carbons (Fsp3) is 0.385. The molecule has 0 aromatic carbocycles. The SMILES string of the molecule is CCc1ccnc(Cc2nc(Cc3ccn4ccnc4c3)cc(N3CC[C@@H](N(C)C)C3)n2)c1. The molecule has 1 atom stereocenters. The van der Waals surface area contributed by atoms with E-state index in [9.17, 15) is 0 Å². The predicted octanol–water partition coefficient (Wildman–Crippen LogP) is 3.40. The van der Waals surface area contributed by atoms with Crippen LogP contribution >= 0.6 is 0 Å². The Morgan fingerprint density at radius 1 is 0.939 bits per heavy atom. The number of rotatable bonds is 7. The summed E-state index contributed by atoms with van der Waals surface area (Å²) in [4.78, 5) is 23.6. The molecular weight excluding hydrogens is 410 g/mol. The van der Waals surface area contributed by atoms with E-state index in [1.165, 1.54) is 11.1 Å². The van der Waals surface area contributed by atoms with E-state index in [0.717, 1.165) is 61.0 Å². The number of pyridine rings is 2. The highest BCUT2D eigenvalue weighted by molar-refractivity contribution is 5.45. The van der Waals surface area contributed by atoms with Crippen molar-refractivity contribution in [2.24, 2.45) is 0 Å². The minimum atomic E-state index is 0.553. The lowest BCUT2D eigenvalue weighted by molar-refractivity contribution is 0.315. The van der Waals surface area contributed by atoms with Crippen LogP contribution in [0.25, 0.3) is 5.65 Å². The molecule has 170 valence electrons. The Balaban J connectivity index is 1.46. The second-order valence-electron chi connectivity index (χ2n) is 9.08. The summed E-state index contributed by atoms with van der Waals surface area (Å²) >= 11 is 0. The fourth-order valence-electron chi connectivity index (χ4n) is 4.52. The first kappa shape index (κ1) is 21.5. The molecule has 0 bridgehead atoms. The maximum absolute atomic E-state index is 4.98. The van der Waals surface area contributed by atoms with Crippen molar-refractivity contribution in [1.29, 1.82) is 0 Å². The van der Waals surface area contributed by atoms with E-state index in [2.05, 4.69) is 77.3 Å². The average Bonchev–Trinajstić information content (AvgIpc) is 3.49. The van der Waals surface area contributed by atoms with Gasteiger partial charge in [0.05, 0.1) is 12.1 Å². The van der Waals surface area contributed by atoms with Crippen LogP contribution in [0.1, 0.15) is 41.7 Å². The molecule has 5 heterocycles. The molecule has 1 fully saturated rings. The summed E-state index contributed by atoms with van der Waals surface area (Å²) < 4.78 is 2.03. The van der Waals surface area contributed by atoms with Crippen molar-refractivity contribution in [1.82, 2.24) is 29.2 Å². The number of likely N-dealkylation sites (N-methyl/N-ethyl adjacent to an activating group) is 1. The van der Waals surface area contributed by atoms with E-state index < -0.39 is 0 Å². The number of hydrogen-bond acceptors (Lipinski definition) is 6. The van der Waals surface area contributed by atoms with Gasteiger partial charge in [0, 0.05) is 62.1 Å². The standard InChI is InChI=1S/C26H31N7/c1-4-19-5-8-27-21(13-19)16-24-29-22(14-20-6-10-32-12-9-28-25(32)15-20)17-26(30-24)33-11-7-23(18-33)31(2)3/h5-6,8-10,12-13,15,17,23H,4,7,11,14,16,18H2,1-3H3/t23-/m1/s1. The molecule has 0 amide bonds. The van der Waals surface area contributed by atoms with Gasteiger partial charge in [-0.25, -0.2) is 15.0 Å². The Hall–Kier alpha value is -3.32. The van der Waals surface area contributed by atoms with E-state index in [1.807, 2.05) is 23.0 Å². The third kappa shape index (κ3) is 4.88. The van der Waals surface area contributed by atoms with Gasteiger partial charge in [-0.15, -0.1) is 0 Å². The summed E-state index contributed by atoms with van der Waals surface area (Å²) in [5.41, 5.74) is 5.49. The van der Waals surface area contributed by atoms with Crippen molar-refractivity contribution < 1.29 is 0 Å². The monoisotopic (exact) mass is 441 g/mol. The van der Waals surface area contributed by atoms with E-state index in [-0.39, 0.29) is 0 Å². The summed E-state index contributed by atoms with van der Waals surface area (Å²) in [6.07, 6.45) is 11.3. The highest BCUT2D eigenvalue weighted by atomic mass is 15.3. The van der Waals surface area contributed by atoms with Crippen LogP contribution in [0.4, 0.5) is 5.82 Å². The molecule has 1 aliphatic rings. The first-order chi connectivity index (χ1) is 16.1. The zero-order chi connectivity index (χ0) is 22.8. The number of hydrogen-bond donors (Lipinski definition) is 0. The second-order valence-corrected chi connectivity index (χ2v) is 9.08. The summed E-state index contributed by atoms with van der Waals surface area (Å²) in [7, 11) is 4.31. The third-order valence-electron chi connectivity index (χ3n) is 6.51. The normalized spacial score (nSPS) is 16.2. The quantitative estimate of drug-likeness (QED) is 0.438. The lowest BCUT2D eigenvalue weighted by atomic mass is 10.1. The summed E-state index contributed by atoms with van der Waals surface area (Å²) in [5, 5.41) is 0. The van der Waals surface area contributed by atoms with Crippen LogP contribution in [0.3, 0.4) is 0 Å². The van der Waals surface area contributed by atoms with Gasteiger partial charge in [-0.1, -0.05) is 6.92 Å². The van der Waals surface area contributed by atoms with Gasteiger partial charge in [0.25, 0.3) is 0 Å². The number of fused-ring (bicyclic) bond motifs is 1. The van der Waals surface area contributed by atoms with Crippen molar-refractivity contribution in [3.8, 4) is 0 Å². The van der Waals surface area contributed by atoms with Gasteiger partial charge in [0.1, 0.15) is 17.3 Å². The fourth-order valence-corrected chi connectivity index (χ4v) is 4.52. The summed E-state index contributed by atoms with van der Waals surface area (Å²) in [6, 6.07) is 11.2. The van der Waals surface area contributed by atoms with Gasteiger partial charge in [-0.3, -0.25) is 4.98 Å². The highest BCUT2D eigenvalue weighted by Crippen LogP contribution is 2.23. The molecule has 1 saturated heterocycles. The number of anilines is 1. The van der Waals surface area contributed by atoms with E-state index in [1.54, 1.807) is 0 Å². The van der Waals surface area contributed by atoms with Crippen LogP contribution in [0.2, 0.25) is 0 Å². The van der Waals surface area contributed by atoms with Gasteiger partial charge in [0.15, 0.2) is 0 Å². The van der Waals surface area contributed by atoms with Gasteiger partial charge >= 0.3 is 0 Å². The molecule has 1 aliphatic heterocycles. The molecule has 7 nitrogen and oxygen atoms in total. The van der Waals surface area contributed by atoms with E-state index >= 15 is 0 Å². The van der Waals surface area contributed by atoms with Crippen molar-refractivity contribution in [3.63, 3.8) is 0 Å². The van der Waals surface area contributed by atoms with Crippen molar-refractivity contribution in [2.75, 3.05) is 32.1 Å². The molecule has 0 spiro atoms. The zero-order valence-corrected chi connectivity index (χ0v) is 19.6. The first-order valence-corrected chi connectivity index (χ1v) is 11.7. The largest absolute Gasteiger partial charge is 0.355 e. The Kier molecular flexibility index (Phi) is 6.05. The van der Waals surface area contributed by atoms with Gasteiger partial charge in [-0.05, 0) is 62.3 Å². The molecule has 5 rings (SSSR count). The minimum absolute atomic E-state index is 0.553. The maximum atomic E-state index is 4.98. The molecule has 33 heavy (non-hydrogen) atoms. The van der Waals surface area contributed by atoms with Crippen molar-refractivity contribution in [2.45, 2.75) is 38.6 Å². The van der Waals surface area contributed by atoms with Gasteiger partial charge in [0.2, 0.25) is 0 Å². The Labute approximate surface area is 195 Å². The van der Waals surface area contributed by atoms with Gasteiger partial charge < -0.3 is 14.2 Å². The molecule has 7 heteroatoms. The van der Waals surface area contributed by atoms with Crippen molar-refractivity contribution in [3.05, 3.63) is 83.5 Å². The molecule has 4 aromatic rings. The molecule has 0 N–H and O–H groups in total. The van der Waals surface area contributed by atoms with Gasteiger partial charge in [-0.2, -0.15) is 0 Å². The molecule has 0 radical (unpaired) electrons. The molecule has 4 aromatic heterocycles. The second kappa shape index (κ2) is 9.27. The number of aromatic nitrogens is 5. The van der Waals surface area contributed by atoms with Crippen LogP contribution in [-0.4, -0.2) is 62.5 Å². The first-order valence-electron chi connectivity index (χ1n) is 11.7. The minimum Gasteiger partial charge on any atom is -0.355 e. The number of imidazole rings is 1.